The summed E-state index contributed by atoms with van der Waals surface area (Å²) in [5, 5.41) is 4.13. The Labute approximate surface area is 132 Å². The molecular weight excluding hydrogens is 282 g/mol. The number of rotatable bonds is 6. The van der Waals surface area contributed by atoms with Gasteiger partial charge in [0.05, 0.1) is 5.02 Å². The standard InChI is InChI=1S/C18H22ClNO/c1-4-16(20-5-2)14-8-6-7-9-17(14)21-18-11-10-13(3)12-15(18)19/h6-12,16,20H,4-5H2,1-3H3. The molecule has 0 aliphatic rings. The zero-order valence-electron chi connectivity index (χ0n) is 12.8. The van der Waals surface area contributed by atoms with E-state index in [1.54, 1.807) is 0 Å². The van der Waals surface area contributed by atoms with E-state index in [0.29, 0.717) is 10.8 Å². The van der Waals surface area contributed by atoms with E-state index in [9.17, 15) is 0 Å². The van der Waals surface area contributed by atoms with Crippen LogP contribution in [-0.2, 0) is 0 Å². The molecule has 2 aromatic carbocycles. The fourth-order valence-electron chi connectivity index (χ4n) is 2.39. The molecule has 0 bridgehead atoms. The van der Waals surface area contributed by atoms with Crippen LogP contribution < -0.4 is 10.1 Å². The Morgan fingerprint density at radius 2 is 1.86 bits per heavy atom. The van der Waals surface area contributed by atoms with Gasteiger partial charge in [0.2, 0.25) is 0 Å². The zero-order chi connectivity index (χ0) is 15.2. The van der Waals surface area contributed by atoms with E-state index >= 15 is 0 Å². The molecule has 3 heteroatoms. The number of hydrogen-bond donors (Lipinski definition) is 1. The van der Waals surface area contributed by atoms with E-state index in [0.717, 1.165) is 24.3 Å². The summed E-state index contributed by atoms with van der Waals surface area (Å²) >= 11 is 6.27. The van der Waals surface area contributed by atoms with Crippen molar-refractivity contribution in [2.45, 2.75) is 33.2 Å². The Morgan fingerprint density at radius 3 is 2.52 bits per heavy atom. The van der Waals surface area contributed by atoms with Crippen LogP contribution in [0.1, 0.15) is 37.4 Å². The summed E-state index contributed by atoms with van der Waals surface area (Å²) in [6.45, 7) is 7.23. The molecule has 1 unspecified atom stereocenters. The fourth-order valence-corrected chi connectivity index (χ4v) is 2.66. The molecule has 0 heterocycles. The molecule has 112 valence electrons. The molecule has 1 N–H and O–H groups in total. The lowest BCUT2D eigenvalue weighted by Crippen LogP contribution is -2.20. The summed E-state index contributed by atoms with van der Waals surface area (Å²) in [5.41, 5.74) is 2.29. The molecule has 0 radical (unpaired) electrons. The van der Waals surface area contributed by atoms with Crippen LogP contribution in [0, 0.1) is 6.92 Å². The molecule has 0 aliphatic heterocycles. The highest BCUT2D eigenvalue weighted by Gasteiger charge is 2.14. The van der Waals surface area contributed by atoms with E-state index in [4.69, 9.17) is 16.3 Å². The molecular formula is C18H22ClNO. The maximum absolute atomic E-state index is 6.27. The second kappa shape index (κ2) is 7.48. The van der Waals surface area contributed by atoms with Crippen LogP contribution in [0.15, 0.2) is 42.5 Å². The number of hydrogen-bond acceptors (Lipinski definition) is 2. The summed E-state index contributed by atoms with van der Waals surface area (Å²) < 4.78 is 6.05. The third-order valence-corrected chi connectivity index (χ3v) is 3.76. The summed E-state index contributed by atoms with van der Waals surface area (Å²) in [5.74, 6) is 1.55. The Balaban J connectivity index is 2.31. The molecule has 0 aromatic heterocycles. The van der Waals surface area contributed by atoms with Gasteiger partial charge in [0.15, 0.2) is 0 Å². The monoisotopic (exact) mass is 303 g/mol. The van der Waals surface area contributed by atoms with Crippen LogP contribution in [0.5, 0.6) is 11.5 Å². The number of halogens is 1. The first kappa shape index (κ1) is 15.9. The lowest BCUT2D eigenvalue weighted by atomic mass is 10.0. The predicted molar refractivity (Wildman–Crippen MR) is 89.4 cm³/mol. The van der Waals surface area contributed by atoms with E-state index in [-0.39, 0.29) is 6.04 Å². The van der Waals surface area contributed by atoms with Gasteiger partial charge in [-0.05, 0) is 43.7 Å². The Bertz CT molecular complexity index is 598. The quantitative estimate of drug-likeness (QED) is 0.760. The number of benzene rings is 2. The Hall–Kier alpha value is -1.51. The average molecular weight is 304 g/mol. The minimum atomic E-state index is 0.287. The van der Waals surface area contributed by atoms with Crippen LogP contribution in [0.4, 0.5) is 0 Å². The third-order valence-electron chi connectivity index (χ3n) is 3.46. The molecule has 1 atom stereocenters. The highest BCUT2D eigenvalue weighted by molar-refractivity contribution is 6.32. The lowest BCUT2D eigenvalue weighted by Gasteiger charge is -2.20. The summed E-state index contributed by atoms with van der Waals surface area (Å²) in [7, 11) is 0. The highest BCUT2D eigenvalue weighted by Crippen LogP contribution is 2.34. The molecule has 0 saturated carbocycles. The largest absolute Gasteiger partial charge is 0.455 e. The van der Waals surface area contributed by atoms with Crippen molar-refractivity contribution in [1.82, 2.24) is 5.32 Å². The minimum absolute atomic E-state index is 0.287. The fraction of sp³-hybridized carbons (Fsp3) is 0.333. The summed E-state index contributed by atoms with van der Waals surface area (Å²) in [6, 6.07) is 14.3. The van der Waals surface area contributed by atoms with Crippen LogP contribution in [0.3, 0.4) is 0 Å². The van der Waals surface area contributed by atoms with Crippen molar-refractivity contribution in [1.29, 1.82) is 0 Å². The molecule has 0 aliphatic carbocycles. The van der Waals surface area contributed by atoms with Gasteiger partial charge >= 0.3 is 0 Å². The maximum atomic E-state index is 6.27. The minimum Gasteiger partial charge on any atom is -0.455 e. The number of para-hydroxylation sites is 1. The van der Waals surface area contributed by atoms with Gasteiger partial charge in [-0.15, -0.1) is 0 Å². The van der Waals surface area contributed by atoms with Gasteiger partial charge in [-0.3, -0.25) is 0 Å². The van der Waals surface area contributed by atoms with E-state index in [1.165, 1.54) is 5.56 Å². The van der Waals surface area contributed by atoms with Gasteiger partial charge in [-0.2, -0.15) is 0 Å². The smallest absolute Gasteiger partial charge is 0.146 e. The maximum Gasteiger partial charge on any atom is 0.146 e. The third kappa shape index (κ3) is 3.99. The second-order valence-corrected chi connectivity index (χ2v) is 5.50. The van der Waals surface area contributed by atoms with E-state index in [1.807, 2.05) is 43.3 Å². The zero-order valence-corrected chi connectivity index (χ0v) is 13.6. The van der Waals surface area contributed by atoms with Gasteiger partial charge in [-0.1, -0.05) is 49.7 Å². The average Bonchev–Trinajstić information content (AvgIpc) is 2.48. The van der Waals surface area contributed by atoms with Crippen LogP contribution in [0.25, 0.3) is 0 Å². The number of ether oxygens (including phenoxy) is 1. The molecule has 21 heavy (non-hydrogen) atoms. The first-order chi connectivity index (χ1) is 10.2. The van der Waals surface area contributed by atoms with Crippen molar-refractivity contribution in [3.05, 3.63) is 58.6 Å². The number of aryl methyl sites for hydroxylation is 1. The molecule has 0 saturated heterocycles. The van der Waals surface area contributed by atoms with Crippen molar-refractivity contribution in [3.8, 4) is 11.5 Å². The summed E-state index contributed by atoms with van der Waals surface area (Å²) in [6.07, 6.45) is 1.01. The molecule has 2 nitrogen and oxygen atoms in total. The SMILES string of the molecule is CCNC(CC)c1ccccc1Oc1ccc(C)cc1Cl. The van der Waals surface area contributed by atoms with Crippen molar-refractivity contribution in [3.63, 3.8) is 0 Å². The van der Waals surface area contributed by atoms with Gasteiger partial charge < -0.3 is 10.1 Å². The Kier molecular flexibility index (Phi) is 5.66. The lowest BCUT2D eigenvalue weighted by molar-refractivity contribution is 0.453. The molecule has 2 rings (SSSR count). The van der Waals surface area contributed by atoms with E-state index < -0.39 is 0 Å². The predicted octanol–water partition coefficient (Wildman–Crippen LogP) is 5.50. The van der Waals surface area contributed by atoms with Crippen molar-refractivity contribution in [2.24, 2.45) is 0 Å². The topological polar surface area (TPSA) is 21.3 Å². The van der Waals surface area contributed by atoms with Gasteiger partial charge in [0, 0.05) is 11.6 Å². The van der Waals surface area contributed by atoms with Gasteiger partial charge in [0.25, 0.3) is 0 Å². The first-order valence-electron chi connectivity index (χ1n) is 7.42. The van der Waals surface area contributed by atoms with Gasteiger partial charge in [-0.25, -0.2) is 0 Å². The first-order valence-corrected chi connectivity index (χ1v) is 7.79. The van der Waals surface area contributed by atoms with Crippen LogP contribution >= 0.6 is 11.6 Å². The van der Waals surface area contributed by atoms with Crippen LogP contribution in [0.2, 0.25) is 5.02 Å². The Morgan fingerprint density at radius 1 is 1.10 bits per heavy atom. The normalized spacial score (nSPS) is 12.2. The molecule has 0 amide bonds. The van der Waals surface area contributed by atoms with Crippen LogP contribution in [-0.4, -0.2) is 6.54 Å². The highest BCUT2D eigenvalue weighted by atomic mass is 35.5. The number of nitrogens with one attached hydrogen (secondary N) is 1. The van der Waals surface area contributed by atoms with Crippen molar-refractivity contribution < 1.29 is 4.74 Å². The molecule has 0 spiro atoms. The van der Waals surface area contributed by atoms with Gasteiger partial charge in [0.1, 0.15) is 11.5 Å². The van der Waals surface area contributed by atoms with Crippen molar-refractivity contribution >= 4 is 11.6 Å². The van der Waals surface area contributed by atoms with Crippen molar-refractivity contribution in [2.75, 3.05) is 6.54 Å². The molecule has 2 aromatic rings. The molecule has 0 fully saturated rings. The summed E-state index contributed by atoms with van der Waals surface area (Å²) in [4.78, 5) is 0. The second-order valence-electron chi connectivity index (χ2n) is 5.09. The van der Waals surface area contributed by atoms with E-state index in [2.05, 4.69) is 25.2 Å².